The molecule has 0 heterocycles. The fourth-order valence-electron chi connectivity index (χ4n) is 2.79. The summed E-state index contributed by atoms with van der Waals surface area (Å²) in [6, 6.07) is 10.5. The first-order valence-corrected chi connectivity index (χ1v) is 7.85. The van der Waals surface area contributed by atoms with Crippen LogP contribution in [-0.2, 0) is 0 Å². The Balaban J connectivity index is 2.33. The van der Waals surface area contributed by atoms with Gasteiger partial charge in [-0.15, -0.1) is 0 Å². The third-order valence-corrected chi connectivity index (χ3v) is 4.40. The Morgan fingerprint density at radius 3 is 2.25 bits per heavy atom. The number of anilines is 1. The fourth-order valence-corrected chi connectivity index (χ4v) is 3.32. The Hall–Kier alpha value is -0.990. The molecule has 3 heteroatoms. The van der Waals surface area contributed by atoms with Gasteiger partial charge in [-0.2, -0.15) is 0 Å². The van der Waals surface area contributed by atoms with Gasteiger partial charge in [0.05, 0.1) is 5.69 Å². The molecule has 2 aromatic carbocycles. The van der Waals surface area contributed by atoms with E-state index < -0.39 is 0 Å². The molecule has 106 valence electrons. The van der Waals surface area contributed by atoms with Crippen molar-refractivity contribution >= 4 is 33.2 Å². The Kier molecular flexibility index (Phi) is 4.77. The van der Waals surface area contributed by atoms with Crippen LogP contribution >= 0.6 is 27.5 Å². The first-order chi connectivity index (χ1) is 9.38. The molecule has 1 nitrogen and oxygen atoms in total. The predicted octanol–water partition coefficient (Wildman–Crippen LogP) is 6.20. The van der Waals surface area contributed by atoms with Crippen molar-refractivity contribution < 1.29 is 0 Å². The van der Waals surface area contributed by atoms with E-state index in [9.17, 15) is 0 Å². The number of benzene rings is 2. The van der Waals surface area contributed by atoms with Gasteiger partial charge in [-0.3, -0.25) is 0 Å². The summed E-state index contributed by atoms with van der Waals surface area (Å²) in [5.41, 5.74) is 6.31. The molecule has 2 rings (SSSR count). The number of hydrogen-bond donors (Lipinski definition) is 1. The van der Waals surface area contributed by atoms with Crippen LogP contribution in [0, 0.1) is 20.8 Å². The minimum Gasteiger partial charge on any atom is -0.378 e. The summed E-state index contributed by atoms with van der Waals surface area (Å²) in [6.45, 7) is 8.65. The molecule has 1 N–H and O–H groups in total. The van der Waals surface area contributed by atoms with Gasteiger partial charge in [-0.25, -0.2) is 0 Å². The zero-order chi connectivity index (χ0) is 14.9. The molecule has 0 amide bonds. The summed E-state index contributed by atoms with van der Waals surface area (Å²) in [7, 11) is 0. The molecule has 0 aliphatic heterocycles. The van der Waals surface area contributed by atoms with Crippen LogP contribution in [0.4, 0.5) is 5.69 Å². The largest absolute Gasteiger partial charge is 0.378 e. The molecule has 2 aromatic rings. The van der Waals surface area contributed by atoms with E-state index in [1.54, 1.807) is 0 Å². The SMILES string of the molecule is Cc1cc(C)c(C(C)Nc2cc(Cl)ccc2Br)c(C)c1. The third kappa shape index (κ3) is 3.36. The van der Waals surface area contributed by atoms with Crippen LogP contribution in [0.3, 0.4) is 0 Å². The monoisotopic (exact) mass is 351 g/mol. The van der Waals surface area contributed by atoms with Crippen molar-refractivity contribution in [2.75, 3.05) is 5.32 Å². The molecule has 0 radical (unpaired) electrons. The molecule has 0 saturated carbocycles. The van der Waals surface area contributed by atoms with Crippen LogP contribution in [-0.4, -0.2) is 0 Å². The van der Waals surface area contributed by atoms with E-state index in [-0.39, 0.29) is 6.04 Å². The van der Waals surface area contributed by atoms with Gasteiger partial charge in [-0.05, 0) is 78.5 Å². The highest BCUT2D eigenvalue weighted by Crippen LogP contribution is 2.31. The molecule has 0 fully saturated rings. The van der Waals surface area contributed by atoms with E-state index >= 15 is 0 Å². The van der Waals surface area contributed by atoms with Gasteiger partial charge in [0.15, 0.2) is 0 Å². The lowest BCUT2D eigenvalue weighted by atomic mass is 9.95. The van der Waals surface area contributed by atoms with Gasteiger partial charge in [0.1, 0.15) is 0 Å². The summed E-state index contributed by atoms with van der Waals surface area (Å²) in [4.78, 5) is 0. The fraction of sp³-hybridized carbons (Fsp3) is 0.294. The Bertz CT molecular complexity index is 614. The minimum absolute atomic E-state index is 0.227. The number of rotatable bonds is 3. The van der Waals surface area contributed by atoms with Crippen molar-refractivity contribution in [3.8, 4) is 0 Å². The van der Waals surface area contributed by atoms with Crippen molar-refractivity contribution in [3.05, 3.63) is 62.1 Å². The van der Waals surface area contributed by atoms with E-state index in [2.05, 4.69) is 61.1 Å². The lowest BCUT2D eigenvalue weighted by molar-refractivity contribution is 0.861. The summed E-state index contributed by atoms with van der Waals surface area (Å²) in [6.07, 6.45) is 0. The molecule has 0 bridgehead atoms. The zero-order valence-electron chi connectivity index (χ0n) is 12.2. The second-order valence-corrected chi connectivity index (χ2v) is 6.59. The van der Waals surface area contributed by atoms with E-state index in [0.717, 1.165) is 15.2 Å². The third-order valence-electron chi connectivity index (χ3n) is 3.47. The second-order valence-electron chi connectivity index (χ2n) is 5.30. The Labute approximate surface area is 134 Å². The summed E-state index contributed by atoms with van der Waals surface area (Å²) in [5.74, 6) is 0. The van der Waals surface area contributed by atoms with E-state index in [1.807, 2.05) is 18.2 Å². The average Bonchev–Trinajstić information content (AvgIpc) is 2.32. The standard InChI is InChI=1S/C17H19BrClN/c1-10-7-11(2)17(12(3)8-10)13(4)20-16-9-14(19)5-6-15(16)18/h5-9,13,20H,1-4H3. The van der Waals surface area contributed by atoms with Crippen LogP contribution in [0.15, 0.2) is 34.8 Å². The number of nitrogens with one attached hydrogen (secondary N) is 1. The maximum atomic E-state index is 6.07. The smallest absolute Gasteiger partial charge is 0.0504 e. The zero-order valence-corrected chi connectivity index (χ0v) is 14.6. The van der Waals surface area contributed by atoms with E-state index in [1.165, 1.54) is 22.3 Å². The van der Waals surface area contributed by atoms with Crippen LogP contribution in [0.1, 0.15) is 35.2 Å². The molecule has 20 heavy (non-hydrogen) atoms. The van der Waals surface area contributed by atoms with Crippen molar-refractivity contribution in [1.29, 1.82) is 0 Å². The van der Waals surface area contributed by atoms with E-state index in [4.69, 9.17) is 11.6 Å². The maximum absolute atomic E-state index is 6.07. The number of aryl methyl sites for hydroxylation is 3. The molecule has 1 unspecified atom stereocenters. The van der Waals surface area contributed by atoms with Gasteiger partial charge in [-0.1, -0.05) is 29.3 Å². The molecule has 1 atom stereocenters. The summed E-state index contributed by atoms with van der Waals surface area (Å²) in [5, 5.41) is 4.27. The van der Waals surface area contributed by atoms with Gasteiger partial charge in [0.2, 0.25) is 0 Å². The van der Waals surface area contributed by atoms with Crippen molar-refractivity contribution in [1.82, 2.24) is 0 Å². The molecule has 0 spiro atoms. The summed E-state index contributed by atoms with van der Waals surface area (Å²) < 4.78 is 1.02. The highest BCUT2D eigenvalue weighted by Gasteiger charge is 2.13. The topological polar surface area (TPSA) is 12.0 Å². The highest BCUT2D eigenvalue weighted by molar-refractivity contribution is 9.10. The second kappa shape index (κ2) is 6.19. The average molecular weight is 353 g/mol. The molecule has 0 aliphatic rings. The first kappa shape index (κ1) is 15.4. The van der Waals surface area contributed by atoms with Crippen molar-refractivity contribution in [3.63, 3.8) is 0 Å². The maximum Gasteiger partial charge on any atom is 0.0504 e. The molecular formula is C17H19BrClN. The lowest BCUT2D eigenvalue weighted by Gasteiger charge is -2.21. The van der Waals surface area contributed by atoms with Crippen molar-refractivity contribution in [2.45, 2.75) is 33.7 Å². The molecule has 0 saturated heterocycles. The first-order valence-electron chi connectivity index (χ1n) is 6.68. The van der Waals surface area contributed by atoms with Gasteiger partial charge in [0, 0.05) is 15.5 Å². The number of hydrogen-bond acceptors (Lipinski definition) is 1. The van der Waals surface area contributed by atoms with Crippen LogP contribution < -0.4 is 5.32 Å². The lowest BCUT2D eigenvalue weighted by Crippen LogP contribution is -2.10. The Morgan fingerprint density at radius 1 is 1.05 bits per heavy atom. The molecular weight excluding hydrogens is 334 g/mol. The summed E-state index contributed by atoms with van der Waals surface area (Å²) >= 11 is 9.63. The van der Waals surface area contributed by atoms with Gasteiger partial charge >= 0.3 is 0 Å². The van der Waals surface area contributed by atoms with Crippen molar-refractivity contribution in [2.24, 2.45) is 0 Å². The predicted molar refractivity (Wildman–Crippen MR) is 91.8 cm³/mol. The van der Waals surface area contributed by atoms with Crippen LogP contribution in [0.5, 0.6) is 0 Å². The molecule has 0 aliphatic carbocycles. The normalized spacial score (nSPS) is 12.3. The van der Waals surface area contributed by atoms with Gasteiger partial charge in [0.25, 0.3) is 0 Å². The van der Waals surface area contributed by atoms with Crippen LogP contribution in [0.25, 0.3) is 0 Å². The molecule has 0 aromatic heterocycles. The number of halogens is 2. The Morgan fingerprint density at radius 2 is 1.65 bits per heavy atom. The van der Waals surface area contributed by atoms with Gasteiger partial charge < -0.3 is 5.32 Å². The quantitative estimate of drug-likeness (QED) is 0.693. The highest BCUT2D eigenvalue weighted by atomic mass is 79.9. The van der Waals surface area contributed by atoms with Crippen LogP contribution in [0.2, 0.25) is 5.02 Å². The van der Waals surface area contributed by atoms with E-state index in [0.29, 0.717) is 0 Å². The minimum atomic E-state index is 0.227.